The molecule has 0 amide bonds. The van der Waals surface area contributed by atoms with Gasteiger partial charge in [0.25, 0.3) is 0 Å². The van der Waals surface area contributed by atoms with Gasteiger partial charge in [-0.15, -0.1) is 0 Å². The van der Waals surface area contributed by atoms with Crippen LogP contribution in [0.4, 0.5) is 0 Å². The van der Waals surface area contributed by atoms with Crippen LogP contribution < -0.4 is 26.3 Å². The monoisotopic (exact) mass is 370 g/mol. The number of methoxy groups -OCH3 is 3. The van der Waals surface area contributed by atoms with Gasteiger partial charge in [-0.05, 0) is 12.1 Å². The summed E-state index contributed by atoms with van der Waals surface area (Å²) in [5.74, 6) is 2.18. The van der Waals surface area contributed by atoms with Crippen LogP contribution in [-0.2, 0) is 11.3 Å². The van der Waals surface area contributed by atoms with E-state index < -0.39 is 0 Å². The van der Waals surface area contributed by atoms with Crippen LogP contribution in [0.3, 0.4) is 0 Å². The van der Waals surface area contributed by atoms with Gasteiger partial charge in [-0.1, -0.05) is 25.4 Å². The number of quaternary nitrogens is 1. The molecule has 0 saturated heterocycles. The molecule has 0 radical (unpaired) electrons. The molecule has 1 rings (SSSR count). The van der Waals surface area contributed by atoms with Crippen molar-refractivity contribution in [1.29, 1.82) is 0 Å². The molecular formula is C18H29ClN3O3+. The molecule has 140 valence electrons. The van der Waals surface area contributed by atoms with Crippen LogP contribution in [-0.4, -0.2) is 27.9 Å². The third kappa shape index (κ3) is 6.16. The van der Waals surface area contributed by atoms with E-state index >= 15 is 0 Å². The van der Waals surface area contributed by atoms with E-state index in [1.54, 1.807) is 21.3 Å². The number of nitrogens with two attached hydrogens (primary N) is 1. The minimum Gasteiger partial charge on any atom is -0.497 e. The molecule has 0 aliphatic rings. The fourth-order valence-corrected chi connectivity index (χ4v) is 2.77. The molecule has 1 aromatic rings. The van der Waals surface area contributed by atoms with Crippen LogP contribution in [0.15, 0.2) is 40.8 Å². The second kappa shape index (κ2) is 9.56. The number of ether oxygens (including phenoxy) is 3. The van der Waals surface area contributed by atoms with Crippen molar-refractivity contribution in [3.8, 4) is 11.5 Å². The van der Waals surface area contributed by atoms with Gasteiger partial charge in [-0.25, -0.2) is 0 Å². The summed E-state index contributed by atoms with van der Waals surface area (Å²) in [6.07, 6.45) is 1.84. The van der Waals surface area contributed by atoms with Crippen LogP contribution in [0.2, 0.25) is 0 Å². The van der Waals surface area contributed by atoms with Crippen molar-refractivity contribution in [2.45, 2.75) is 20.4 Å². The van der Waals surface area contributed by atoms with Crippen molar-refractivity contribution < 1.29 is 19.9 Å². The van der Waals surface area contributed by atoms with E-state index in [1.807, 2.05) is 38.1 Å². The molecule has 1 aromatic carbocycles. The third-order valence-corrected chi connectivity index (χ3v) is 4.01. The Kier molecular flexibility index (Phi) is 8.09. The predicted molar refractivity (Wildman–Crippen MR) is 100 cm³/mol. The minimum absolute atomic E-state index is 0.229. The molecular weight excluding hydrogens is 342 g/mol. The highest BCUT2D eigenvalue weighted by atomic mass is 35.5. The number of allylic oxidation sites excluding steroid dienone is 1. The van der Waals surface area contributed by atoms with Crippen molar-refractivity contribution in [3.05, 3.63) is 46.4 Å². The molecule has 7 heteroatoms. The van der Waals surface area contributed by atoms with Gasteiger partial charge >= 0.3 is 0 Å². The first kappa shape index (κ1) is 21.2. The number of benzene rings is 1. The fraction of sp³-hybridized carbons (Fsp3) is 0.444. The number of hydrogen-bond donors (Lipinski definition) is 3. The molecule has 0 aliphatic heterocycles. The third-order valence-electron chi connectivity index (χ3n) is 3.81. The summed E-state index contributed by atoms with van der Waals surface area (Å²) in [4.78, 5) is 0. The Labute approximate surface area is 154 Å². The average Bonchev–Trinajstić information content (AvgIpc) is 2.57. The number of halogens is 1. The van der Waals surface area contributed by atoms with E-state index in [9.17, 15) is 0 Å². The largest absolute Gasteiger partial charge is 0.497 e. The molecule has 0 spiro atoms. The van der Waals surface area contributed by atoms with Gasteiger partial charge in [0.1, 0.15) is 16.7 Å². The van der Waals surface area contributed by atoms with Crippen molar-refractivity contribution in [2.24, 2.45) is 11.1 Å². The highest BCUT2D eigenvalue weighted by molar-refractivity contribution is 6.29. The van der Waals surface area contributed by atoms with Gasteiger partial charge in [0.05, 0.1) is 20.8 Å². The maximum absolute atomic E-state index is 6.07. The van der Waals surface area contributed by atoms with Gasteiger partial charge < -0.3 is 31.0 Å². The Morgan fingerprint density at radius 1 is 1.28 bits per heavy atom. The normalized spacial score (nSPS) is 13.3. The first-order valence-electron chi connectivity index (χ1n) is 7.88. The van der Waals surface area contributed by atoms with Crippen molar-refractivity contribution >= 4 is 11.6 Å². The zero-order valence-corrected chi connectivity index (χ0v) is 16.4. The molecule has 0 bridgehead atoms. The van der Waals surface area contributed by atoms with Gasteiger partial charge in [0, 0.05) is 42.3 Å². The Balaban J connectivity index is 2.93. The van der Waals surface area contributed by atoms with Crippen molar-refractivity contribution in [3.63, 3.8) is 0 Å². The second-order valence-electron chi connectivity index (χ2n) is 6.28. The van der Waals surface area contributed by atoms with E-state index in [1.165, 1.54) is 0 Å². The summed E-state index contributed by atoms with van der Waals surface area (Å²) in [7, 11) is 4.89. The Morgan fingerprint density at radius 3 is 2.48 bits per heavy atom. The smallest absolute Gasteiger partial charge is 0.197 e. The van der Waals surface area contributed by atoms with E-state index in [0.29, 0.717) is 19.0 Å². The first-order valence-corrected chi connectivity index (χ1v) is 8.26. The molecule has 6 N–H and O–H groups in total. The second-order valence-corrected chi connectivity index (χ2v) is 6.69. The van der Waals surface area contributed by atoms with Gasteiger partial charge in [-0.2, -0.15) is 0 Å². The summed E-state index contributed by atoms with van der Waals surface area (Å²) < 4.78 is 15.9. The Hall–Kier alpha value is -1.89. The number of hydrogen-bond acceptors (Lipinski definition) is 5. The summed E-state index contributed by atoms with van der Waals surface area (Å²) in [6, 6.07) is 5.67. The molecule has 0 saturated carbocycles. The predicted octanol–water partition coefficient (Wildman–Crippen LogP) is 1.96. The highest BCUT2D eigenvalue weighted by Gasteiger charge is 2.25. The summed E-state index contributed by atoms with van der Waals surface area (Å²) >= 11 is 6.07. The molecule has 6 nitrogen and oxygen atoms in total. The lowest BCUT2D eigenvalue weighted by atomic mass is 9.85. The van der Waals surface area contributed by atoms with E-state index in [0.717, 1.165) is 22.6 Å². The zero-order valence-electron chi connectivity index (χ0n) is 15.6. The maximum atomic E-state index is 6.07. The van der Waals surface area contributed by atoms with E-state index in [4.69, 9.17) is 31.5 Å². The molecule has 0 fully saturated rings. The van der Waals surface area contributed by atoms with Crippen LogP contribution >= 0.6 is 11.6 Å². The van der Waals surface area contributed by atoms with Crippen LogP contribution in [0.25, 0.3) is 0 Å². The van der Waals surface area contributed by atoms with E-state index in [2.05, 4.69) is 11.1 Å². The molecule has 0 aromatic heterocycles. The Morgan fingerprint density at radius 2 is 1.96 bits per heavy atom. The molecule has 0 unspecified atom stereocenters. The molecule has 0 heterocycles. The summed E-state index contributed by atoms with van der Waals surface area (Å²) in [5, 5.41) is 3.48. The lowest BCUT2D eigenvalue weighted by Crippen LogP contribution is -2.54. The number of rotatable bonds is 9. The van der Waals surface area contributed by atoms with Crippen molar-refractivity contribution in [1.82, 2.24) is 5.32 Å². The van der Waals surface area contributed by atoms with Gasteiger partial charge in [0.15, 0.2) is 5.82 Å². The number of nitrogens with one attached hydrogen (secondary N) is 1. The fourth-order valence-electron chi connectivity index (χ4n) is 2.46. The van der Waals surface area contributed by atoms with Crippen LogP contribution in [0.1, 0.15) is 19.4 Å². The summed E-state index contributed by atoms with van der Waals surface area (Å²) in [6.45, 7) is 5.06. The minimum atomic E-state index is -0.330. The molecule has 25 heavy (non-hydrogen) atoms. The Bertz CT molecular complexity index is 638. The molecule has 0 atom stereocenters. The van der Waals surface area contributed by atoms with E-state index in [-0.39, 0.29) is 10.6 Å². The average molecular weight is 371 g/mol. The quantitative estimate of drug-likeness (QED) is 0.456. The first-order chi connectivity index (χ1) is 11.7. The lowest BCUT2D eigenvalue weighted by Gasteiger charge is -2.25. The van der Waals surface area contributed by atoms with Crippen molar-refractivity contribution in [2.75, 3.05) is 27.9 Å². The van der Waals surface area contributed by atoms with Gasteiger partial charge in [-0.3, -0.25) is 0 Å². The SMILES string of the molecule is COCC(C)(C)C(C=C([NH3+])NCc1ccc(OC)cc1OC)=C(N)Cl. The molecule has 0 aliphatic carbocycles. The standard InChI is InChI=1S/C18H28ClN3O3/c1-18(2,11-23-3)14(17(19)21)9-16(20)22-10-12-6-7-13(24-4)8-15(12)25-5/h6-9,22H,10-11,20-21H2,1-5H3/p+1. The van der Waals surface area contributed by atoms with Crippen LogP contribution in [0, 0.1) is 5.41 Å². The lowest BCUT2D eigenvalue weighted by molar-refractivity contribution is -0.312. The summed E-state index contributed by atoms with van der Waals surface area (Å²) in [5.41, 5.74) is 11.3. The maximum Gasteiger partial charge on any atom is 0.197 e. The van der Waals surface area contributed by atoms with Gasteiger partial charge in [0.2, 0.25) is 0 Å². The van der Waals surface area contributed by atoms with Crippen LogP contribution in [0.5, 0.6) is 11.5 Å². The highest BCUT2D eigenvalue weighted by Crippen LogP contribution is 2.30. The zero-order chi connectivity index (χ0) is 19.0. The topological polar surface area (TPSA) is 93.4 Å².